The van der Waals surface area contributed by atoms with E-state index in [1.807, 2.05) is 22.9 Å². The van der Waals surface area contributed by atoms with E-state index in [1.54, 1.807) is 0 Å². The quantitative estimate of drug-likeness (QED) is 0.328. The van der Waals surface area contributed by atoms with Gasteiger partial charge in [0.2, 0.25) is 0 Å². The van der Waals surface area contributed by atoms with Crippen LogP contribution >= 0.6 is 0 Å². The standard InChI is InChI=1S/C29H36N6O/c1-3-9-27(28-31-32-33-35(28)17-16-22-10-5-4-6-11-22)34(25-12-7-8-13-25)20-24-19-23-18-21(2)14-15-26(23)30-29(24)36/h4-6,10-11,14-15,18-19,25,27H,3,7-9,12-13,16-17,20H2,1-2H3,(H,30,36)/t27-/m1/s1. The minimum atomic E-state index is -0.00623. The van der Waals surface area contributed by atoms with Crippen molar-refractivity contribution in [1.82, 2.24) is 30.1 Å². The van der Waals surface area contributed by atoms with Gasteiger partial charge < -0.3 is 4.98 Å². The second kappa shape index (κ2) is 11.2. The van der Waals surface area contributed by atoms with Crippen LogP contribution in [0.25, 0.3) is 10.9 Å². The van der Waals surface area contributed by atoms with E-state index in [-0.39, 0.29) is 11.6 Å². The third kappa shape index (κ3) is 5.41. The van der Waals surface area contributed by atoms with Crippen molar-refractivity contribution < 1.29 is 0 Å². The molecule has 1 aliphatic carbocycles. The maximum Gasteiger partial charge on any atom is 0.252 e. The number of rotatable bonds is 10. The lowest BCUT2D eigenvalue weighted by atomic mass is 10.0. The molecule has 0 saturated heterocycles. The second-order valence-corrected chi connectivity index (χ2v) is 10.1. The van der Waals surface area contributed by atoms with Gasteiger partial charge in [-0.15, -0.1) is 5.10 Å². The molecule has 0 bridgehead atoms. The van der Waals surface area contributed by atoms with E-state index >= 15 is 0 Å². The first-order valence-corrected chi connectivity index (χ1v) is 13.3. The van der Waals surface area contributed by atoms with Gasteiger partial charge in [0.1, 0.15) is 0 Å². The number of H-pyrrole nitrogens is 1. The number of aryl methyl sites for hydroxylation is 3. The summed E-state index contributed by atoms with van der Waals surface area (Å²) in [5.41, 5.74) is 4.15. The molecular weight excluding hydrogens is 448 g/mol. The Balaban J connectivity index is 1.47. The molecule has 0 radical (unpaired) electrons. The molecule has 0 amide bonds. The number of nitrogens with one attached hydrogen (secondary N) is 1. The minimum Gasteiger partial charge on any atom is -0.322 e. The number of hydrogen-bond donors (Lipinski definition) is 1. The maximum atomic E-state index is 13.1. The summed E-state index contributed by atoms with van der Waals surface area (Å²) in [6.07, 6.45) is 7.61. The second-order valence-electron chi connectivity index (χ2n) is 10.1. The first-order valence-electron chi connectivity index (χ1n) is 13.3. The van der Waals surface area contributed by atoms with Crippen LogP contribution in [0.5, 0.6) is 0 Å². The summed E-state index contributed by atoms with van der Waals surface area (Å²) < 4.78 is 1.98. The van der Waals surface area contributed by atoms with Crippen molar-refractivity contribution in [2.75, 3.05) is 0 Å². The molecule has 1 aliphatic rings. The summed E-state index contributed by atoms with van der Waals surface area (Å²) in [6.45, 7) is 5.63. The highest BCUT2D eigenvalue weighted by molar-refractivity contribution is 5.79. The molecule has 1 saturated carbocycles. The highest BCUT2D eigenvalue weighted by atomic mass is 16.1. The first-order chi connectivity index (χ1) is 17.6. The smallest absolute Gasteiger partial charge is 0.252 e. The van der Waals surface area contributed by atoms with Crippen LogP contribution in [0.1, 0.15) is 74.0 Å². The summed E-state index contributed by atoms with van der Waals surface area (Å²) in [6, 6.07) is 19.2. The molecule has 0 aliphatic heterocycles. The lowest BCUT2D eigenvalue weighted by molar-refractivity contribution is 0.108. The van der Waals surface area contributed by atoms with Gasteiger partial charge in [-0.3, -0.25) is 9.69 Å². The fraction of sp³-hybridized carbons (Fsp3) is 0.448. The van der Waals surface area contributed by atoms with Crippen molar-refractivity contribution >= 4 is 10.9 Å². The van der Waals surface area contributed by atoms with Crippen LogP contribution < -0.4 is 5.56 Å². The van der Waals surface area contributed by atoms with Gasteiger partial charge in [0, 0.05) is 30.2 Å². The van der Waals surface area contributed by atoms with Gasteiger partial charge >= 0.3 is 0 Å². The van der Waals surface area contributed by atoms with Crippen molar-refractivity contribution in [3.63, 3.8) is 0 Å². The van der Waals surface area contributed by atoms with Gasteiger partial charge in [-0.25, -0.2) is 4.68 Å². The van der Waals surface area contributed by atoms with E-state index in [0.717, 1.165) is 60.9 Å². The zero-order chi connectivity index (χ0) is 24.9. The van der Waals surface area contributed by atoms with E-state index in [0.29, 0.717) is 12.6 Å². The largest absolute Gasteiger partial charge is 0.322 e. The molecular formula is C29H36N6O. The Morgan fingerprint density at radius 1 is 1.11 bits per heavy atom. The summed E-state index contributed by atoms with van der Waals surface area (Å²) in [4.78, 5) is 18.8. The van der Waals surface area contributed by atoms with Crippen LogP contribution in [0.4, 0.5) is 0 Å². The van der Waals surface area contributed by atoms with Crippen LogP contribution in [-0.4, -0.2) is 36.1 Å². The van der Waals surface area contributed by atoms with Gasteiger partial charge in [0.05, 0.1) is 6.04 Å². The lowest BCUT2D eigenvalue weighted by Gasteiger charge is -2.35. The van der Waals surface area contributed by atoms with Crippen molar-refractivity contribution in [3.05, 3.63) is 87.5 Å². The number of nitrogens with zero attached hydrogens (tertiary/aromatic N) is 5. The van der Waals surface area contributed by atoms with E-state index < -0.39 is 0 Å². The lowest BCUT2D eigenvalue weighted by Crippen LogP contribution is -2.39. The van der Waals surface area contributed by atoms with Gasteiger partial charge in [-0.2, -0.15) is 0 Å². The first kappa shape index (κ1) is 24.4. The van der Waals surface area contributed by atoms with Crippen LogP contribution in [0.15, 0.2) is 59.4 Å². The fourth-order valence-corrected chi connectivity index (χ4v) is 5.62. The van der Waals surface area contributed by atoms with Gasteiger partial charge in [0.25, 0.3) is 5.56 Å². The summed E-state index contributed by atoms with van der Waals surface area (Å²) in [5, 5.41) is 14.1. The number of benzene rings is 2. The van der Waals surface area contributed by atoms with E-state index in [9.17, 15) is 4.79 Å². The van der Waals surface area contributed by atoms with E-state index in [4.69, 9.17) is 0 Å². The Morgan fingerprint density at radius 2 is 1.92 bits per heavy atom. The summed E-state index contributed by atoms with van der Waals surface area (Å²) in [5.74, 6) is 0.910. The fourth-order valence-electron chi connectivity index (χ4n) is 5.62. The number of aromatic amines is 1. The molecule has 1 atom stereocenters. The number of fused-ring (bicyclic) bond motifs is 1. The molecule has 1 fully saturated rings. The molecule has 4 aromatic rings. The number of aromatic nitrogens is 5. The Kier molecular flexibility index (Phi) is 7.56. The predicted octanol–water partition coefficient (Wildman–Crippen LogP) is 5.35. The average Bonchev–Trinajstić information content (AvgIpc) is 3.58. The monoisotopic (exact) mass is 484 g/mol. The predicted molar refractivity (Wildman–Crippen MR) is 143 cm³/mol. The third-order valence-corrected chi connectivity index (χ3v) is 7.50. The van der Waals surface area contributed by atoms with Crippen LogP contribution in [0.2, 0.25) is 0 Å². The minimum absolute atomic E-state index is 0.00623. The topological polar surface area (TPSA) is 79.7 Å². The molecule has 1 N–H and O–H groups in total. The summed E-state index contributed by atoms with van der Waals surface area (Å²) >= 11 is 0. The Bertz CT molecular complexity index is 1340. The van der Waals surface area contributed by atoms with Gasteiger partial charge in [0.15, 0.2) is 5.82 Å². The molecule has 7 nitrogen and oxygen atoms in total. The SMILES string of the molecule is CCC[C@H](c1nnnn1CCc1ccccc1)N(Cc1cc2cc(C)ccc2[nH]c1=O)C1CCCC1. The molecule has 7 heteroatoms. The van der Waals surface area contributed by atoms with Gasteiger partial charge in [-0.05, 0) is 72.2 Å². The Labute approximate surface area is 212 Å². The Morgan fingerprint density at radius 3 is 2.69 bits per heavy atom. The normalized spacial score (nSPS) is 15.2. The van der Waals surface area contributed by atoms with Crippen molar-refractivity contribution in [2.45, 2.75) is 84.0 Å². The third-order valence-electron chi connectivity index (χ3n) is 7.50. The molecule has 0 unspecified atom stereocenters. The Hall–Kier alpha value is -3.32. The van der Waals surface area contributed by atoms with Crippen molar-refractivity contribution in [2.24, 2.45) is 0 Å². The molecule has 0 spiro atoms. The van der Waals surface area contributed by atoms with Crippen LogP contribution in [0, 0.1) is 6.92 Å². The number of hydrogen-bond acceptors (Lipinski definition) is 5. The number of tetrazole rings is 1. The molecule has 36 heavy (non-hydrogen) atoms. The summed E-state index contributed by atoms with van der Waals surface area (Å²) in [7, 11) is 0. The van der Waals surface area contributed by atoms with Gasteiger partial charge in [-0.1, -0.05) is 68.1 Å². The van der Waals surface area contributed by atoms with Crippen LogP contribution in [0.3, 0.4) is 0 Å². The molecule has 2 aromatic heterocycles. The maximum absolute atomic E-state index is 13.1. The molecule has 2 aromatic carbocycles. The van der Waals surface area contributed by atoms with Crippen LogP contribution in [-0.2, 0) is 19.5 Å². The molecule has 2 heterocycles. The van der Waals surface area contributed by atoms with E-state index in [2.05, 4.69) is 75.7 Å². The highest BCUT2D eigenvalue weighted by Crippen LogP contribution is 2.34. The van der Waals surface area contributed by atoms with E-state index in [1.165, 1.54) is 24.0 Å². The number of pyridine rings is 1. The molecule has 5 rings (SSSR count). The molecule has 188 valence electrons. The average molecular weight is 485 g/mol. The zero-order valence-corrected chi connectivity index (χ0v) is 21.4. The zero-order valence-electron chi connectivity index (χ0n) is 21.4. The highest BCUT2D eigenvalue weighted by Gasteiger charge is 2.33. The van der Waals surface area contributed by atoms with Crippen molar-refractivity contribution in [3.8, 4) is 0 Å². The van der Waals surface area contributed by atoms with Crippen molar-refractivity contribution in [1.29, 1.82) is 0 Å².